The summed E-state index contributed by atoms with van der Waals surface area (Å²) in [6, 6.07) is 25.8. The fourth-order valence-corrected chi connectivity index (χ4v) is 7.38. The monoisotopic (exact) mass is 573 g/mol. The van der Waals surface area contributed by atoms with Gasteiger partial charge in [0.2, 0.25) is 0 Å². The Labute approximate surface area is 249 Å². The predicted octanol–water partition coefficient (Wildman–Crippen LogP) is 7.36. The topological polar surface area (TPSA) is 63.7 Å². The van der Waals surface area contributed by atoms with Gasteiger partial charge >= 0.3 is 0 Å². The number of carbonyl (C=O) groups excluding carboxylic acids is 3. The maximum atomic E-state index is 14.8. The van der Waals surface area contributed by atoms with Crippen LogP contribution in [0.2, 0.25) is 5.02 Å². The summed E-state index contributed by atoms with van der Waals surface area (Å²) in [5.41, 5.74) is 2.98. The minimum atomic E-state index is -1.59. The Hall–Kier alpha value is -4.48. The number of anilines is 1. The molecule has 0 amide bonds. The van der Waals surface area contributed by atoms with Crippen LogP contribution in [0.1, 0.15) is 60.6 Å². The van der Waals surface area contributed by atoms with Crippen LogP contribution in [0.15, 0.2) is 97.1 Å². The molecule has 0 bridgehead atoms. The summed E-state index contributed by atoms with van der Waals surface area (Å²) < 4.78 is 6.10. The van der Waals surface area contributed by atoms with Crippen molar-refractivity contribution in [2.75, 3.05) is 11.5 Å². The number of halogens is 1. The molecule has 4 aromatic rings. The lowest BCUT2D eigenvalue weighted by Crippen LogP contribution is -2.48. The van der Waals surface area contributed by atoms with E-state index in [-0.39, 0.29) is 17.3 Å². The molecular weight excluding hydrogens is 546 g/mol. The quantitative estimate of drug-likeness (QED) is 0.184. The Morgan fingerprint density at radius 3 is 2.26 bits per heavy atom. The van der Waals surface area contributed by atoms with Gasteiger partial charge in [-0.3, -0.25) is 14.4 Å². The number of ketones is 3. The number of hydrogen-bond acceptors (Lipinski definition) is 5. The Bertz CT molecular complexity index is 1770. The summed E-state index contributed by atoms with van der Waals surface area (Å²) in [7, 11) is 0. The minimum Gasteiger partial charge on any atom is -0.494 e. The molecule has 5 nitrogen and oxygen atoms in total. The van der Waals surface area contributed by atoms with Gasteiger partial charge in [-0.1, -0.05) is 96.0 Å². The third-order valence-electron chi connectivity index (χ3n) is 8.92. The van der Waals surface area contributed by atoms with E-state index in [0.29, 0.717) is 39.6 Å². The standard InChI is InChI=1S/C36H28ClNO4/c1-3-42-29-11-7-6-10-27(29)31-32(33(39)22-14-12-21(2)13-15-22)38-28-18-17-24(37)20-23(28)16-19-30(38)36(31)34(40)25-8-4-5-9-26(25)35(36)41/h4-20,30-32H,3H2,1-2H3/t30?,31-,32+/m0/s1. The molecule has 6 heteroatoms. The normalized spacial score (nSPS) is 21.3. The smallest absolute Gasteiger partial charge is 0.185 e. The van der Waals surface area contributed by atoms with Gasteiger partial charge in [0.1, 0.15) is 17.2 Å². The number of fused-ring (bicyclic) bond motifs is 5. The summed E-state index contributed by atoms with van der Waals surface area (Å²) >= 11 is 6.39. The fourth-order valence-electron chi connectivity index (χ4n) is 7.20. The molecule has 1 aliphatic carbocycles. The van der Waals surface area contributed by atoms with Crippen molar-refractivity contribution in [1.82, 2.24) is 0 Å². The second-order valence-electron chi connectivity index (χ2n) is 11.1. The van der Waals surface area contributed by atoms with Crippen LogP contribution in [0.3, 0.4) is 0 Å². The minimum absolute atomic E-state index is 0.166. The molecule has 0 saturated carbocycles. The Kier molecular flexibility index (Phi) is 6.17. The second-order valence-corrected chi connectivity index (χ2v) is 11.5. The molecular formula is C36H28ClNO4. The summed E-state index contributed by atoms with van der Waals surface area (Å²) in [4.78, 5) is 46.4. The highest BCUT2D eigenvalue weighted by Crippen LogP contribution is 2.62. The largest absolute Gasteiger partial charge is 0.494 e. The molecule has 0 aromatic heterocycles. The Balaban J connectivity index is 1.56. The van der Waals surface area contributed by atoms with Crippen LogP contribution in [0.4, 0.5) is 5.69 Å². The van der Waals surface area contributed by atoms with Gasteiger partial charge in [0, 0.05) is 38.9 Å². The van der Waals surface area contributed by atoms with Gasteiger partial charge in [-0.2, -0.15) is 0 Å². The van der Waals surface area contributed by atoms with Crippen LogP contribution in [0, 0.1) is 12.3 Å². The lowest BCUT2D eigenvalue weighted by atomic mass is 9.64. The van der Waals surface area contributed by atoms with E-state index in [1.807, 2.05) is 91.6 Å². The zero-order valence-electron chi connectivity index (χ0n) is 23.2. The first-order valence-electron chi connectivity index (χ1n) is 14.1. The number of rotatable bonds is 5. The van der Waals surface area contributed by atoms with Gasteiger partial charge in [-0.15, -0.1) is 0 Å². The number of aryl methyl sites for hydroxylation is 1. The van der Waals surface area contributed by atoms with E-state index < -0.39 is 23.4 Å². The van der Waals surface area contributed by atoms with Crippen molar-refractivity contribution < 1.29 is 19.1 Å². The van der Waals surface area contributed by atoms with Gasteiger partial charge in [0.05, 0.1) is 12.6 Å². The molecule has 2 aliphatic heterocycles. The number of Topliss-reactive ketones (excluding diaryl/α,β-unsaturated/α-hetero) is 3. The van der Waals surface area contributed by atoms with Gasteiger partial charge in [-0.05, 0) is 43.7 Å². The molecule has 4 aromatic carbocycles. The van der Waals surface area contributed by atoms with Crippen molar-refractivity contribution in [3.63, 3.8) is 0 Å². The van der Waals surface area contributed by atoms with Crippen molar-refractivity contribution in [2.45, 2.75) is 31.8 Å². The first kappa shape index (κ1) is 26.4. The number of nitrogens with zero attached hydrogens (tertiary/aromatic N) is 1. The van der Waals surface area contributed by atoms with E-state index >= 15 is 0 Å². The molecule has 3 atom stereocenters. The molecule has 42 heavy (non-hydrogen) atoms. The highest BCUT2D eigenvalue weighted by atomic mass is 35.5. The molecule has 1 spiro atoms. The Morgan fingerprint density at radius 2 is 1.57 bits per heavy atom. The summed E-state index contributed by atoms with van der Waals surface area (Å²) in [6.45, 7) is 4.26. The van der Waals surface area contributed by atoms with Gasteiger partial charge in [0.25, 0.3) is 0 Å². The first-order chi connectivity index (χ1) is 20.4. The van der Waals surface area contributed by atoms with Crippen molar-refractivity contribution >= 4 is 40.7 Å². The third-order valence-corrected chi connectivity index (χ3v) is 9.16. The number of benzene rings is 4. The van der Waals surface area contributed by atoms with Crippen LogP contribution in [0.25, 0.3) is 6.08 Å². The highest BCUT2D eigenvalue weighted by molar-refractivity contribution is 6.33. The van der Waals surface area contributed by atoms with Crippen LogP contribution in [-0.2, 0) is 0 Å². The van der Waals surface area contributed by atoms with E-state index in [1.165, 1.54) is 0 Å². The van der Waals surface area contributed by atoms with Gasteiger partial charge in [0.15, 0.2) is 17.3 Å². The van der Waals surface area contributed by atoms with Gasteiger partial charge in [-0.25, -0.2) is 0 Å². The van der Waals surface area contributed by atoms with Crippen LogP contribution < -0.4 is 9.64 Å². The number of ether oxygens (including phenoxy) is 1. The molecule has 3 aliphatic rings. The SMILES string of the molecule is CCOc1ccccc1[C@H]1[C@H](C(=O)c2ccc(C)cc2)N2c3ccc(Cl)cc3C=CC2C12C(=O)c1ccccc1C2=O. The third kappa shape index (κ3) is 3.59. The lowest BCUT2D eigenvalue weighted by Gasteiger charge is -2.37. The van der Waals surface area contributed by atoms with E-state index in [9.17, 15) is 14.4 Å². The highest BCUT2D eigenvalue weighted by Gasteiger charge is 2.71. The predicted molar refractivity (Wildman–Crippen MR) is 164 cm³/mol. The van der Waals surface area contributed by atoms with Crippen molar-refractivity contribution in [3.05, 3.63) is 135 Å². The maximum absolute atomic E-state index is 14.8. The van der Waals surface area contributed by atoms with Crippen LogP contribution in [-0.4, -0.2) is 36.0 Å². The summed E-state index contributed by atoms with van der Waals surface area (Å²) in [6.07, 6.45) is 3.82. The molecule has 7 rings (SSSR count). The molecule has 1 fully saturated rings. The van der Waals surface area contributed by atoms with E-state index in [1.54, 1.807) is 30.3 Å². The number of carbonyl (C=O) groups is 3. The maximum Gasteiger partial charge on any atom is 0.185 e. The van der Waals surface area contributed by atoms with Crippen molar-refractivity contribution in [1.29, 1.82) is 0 Å². The molecule has 0 radical (unpaired) electrons. The summed E-state index contributed by atoms with van der Waals surface area (Å²) in [5.74, 6) is -0.979. The van der Waals surface area contributed by atoms with E-state index in [0.717, 1.165) is 16.8 Å². The molecule has 1 saturated heterocycles. The zero-order valence-corrected chi connectivity index (χ0v) is 24.0. The van der Waals surface area contributed by atoms with Crippen LogP contribution in [0.5, 0.6) is 5.75 Å². The molecule has 208 valence electrons. The van der Waals surface area contributed by atoms with Gasteiger partial charge < -0.3 is 9.64 Å². The first-order valence-corrected chi connectivity index (χ1v) is 14.5. The average molecular weight is 574 g/mol. The van der Waals surface area contributed by atoms with Crippen molar-refractivity contribution in [3.8, 4) is 5.75 Å². The molecule has 1 unspecified atom stereocenters. The van der Waals surface area contributed by atoms with E-state index in [4.69, 9.17) is 16.3 Å². The lowest BCUT2D eigenvalue weighted by molar-refractivity contribution is 0.0664. The van der Waals surface area contributed by atoms with E-state index in [2.05, 4.69) is 0 Å². The molecule has 0 N–H and O–H groups in total. The van der Waals surface area contributed by atoms with Crippen LogP contribution >= 0.6 is 11.6 Å². The summed E-state index contributed by atoms with van der Waals surface area (Å²) in [5, 5.41) is 0.561. The second kappa shape index (κ2) is 9.81. The fraction of sp³-hybridized carbons (Fsp3) is 0.194. The number of para-hydroxylation sites is 1. The Morgan fingerprint density at radius 1 is 0.905 bits per heavy atom. The molecule has 2 heterocycles. The van der Waals surface area contributed by atoms with Crippen molar-refractivity contribution in [2.24, 2.45) is 5.41 Å². The average Bonchev–Trinajstić information content (AvgIpc) is 3.43. The number of hydrogen-bond donors (Lipinski definition) is 0. The zero-order chi connectivity index (χ0) is 29.2.